The number of hydrogen-bond acceptors (Lipinski definition) is 5. The van der Waals surface area contributed by atoms with E-state index in [-0.39, 0.29) is 11.7 Å². The molecule has 1 aromatic heterocycles. The molecule has 0 unspecified atom stereocenters. The van der Waals surface area contributed by atoms with Crippen molar-refractivity contribution in [2.75, 3.05) is 5.32 Å². The number of rotatable bonds is 4. The molecule has 0 spiro atoms. The third-order valence-electron chi connectivity index (χ3n) is 5.83. The summed E-state index contributed by atoms with van der Waals surface area (Å²) in [5.41, 5.74) is 2.50. The highest BCUT2D eigenvalue weighted by molar-refractivity contribution is 6.62. The van der Waals surface area contributed by atoms with Crippen molar-refractivity contribution in [2.24, 2.45) is 0 Å². The smallest absolute Gasteiger partial charge is 0.423 e. The maximum Gasteiger partial charge on any atom is 0.494 e. The number of halogens is 1. The average Bonchev–Trinajstić information content (AvgIpc) is 3.13. The molecule has 0 saturated carbocycles. The van der Waals surface area contributed by atoms with Crippen LogP contribution in [0, 0.1) is 5.82 Å². The molecule has 7 heteroatoms. The molecular weight excluding hydrogens is 370 g/mol. The molecule has 3 aromatic rings. The predicted molar refractivity (Wildman–Crippen MR) is 113 cm³/mol. The number of benzene rings is 2. The largest absolute Gasteiger partial charge is 0.494 e. The van der Waals surface area contributed by atoms with Gasteiger partial charge < -0.3 is 19.0 Å². The molecule has 1 fully saturated rings. The van der Waals surface area contributed by atoms with Crippen LogP contribution in [0.15, 0.2) is 40.8 Å². The Morgan fingerprint density at radius 1 is 1.03 bits per heavy atom. The second kappa shape index (κ2) is 6.85. The van der Waals surface area contributed by atoms with Gasteiger partial charge in [0.05, 0.1) is 16.9 Å². The number of oxazole rings is 1. The molecule has 0 radical (unpaired) electrons. The van der Waals surface area contributed by atoms with Crippen molar-refractivity contribution in [1.82, 2.24) is 4.98 Å². The van der Waals surface area contributed by atoms with E-state index in [1.807, 2.05) is 45.9 Å². The minimum atomic E-state index is -0.610. The van der Waals surface area contributed by atoms with Gasteiger partial charge in [-0.15, -0.1) is 0 Å². The SMILES string of the molecule is CC(C)c1cccc2nc(Nc3ccc(B4OC(C)(C)C(C)(C)O4)cc3F)oc12. The van der Waals surface area contributed by atoms with Crippen LogP contribution < -0.4 is 10.8 Å². The Morgan fingerprint density at radius 3 is 2.34 bits per heavy atom. The van der Waals surface area contributed by atoms with Crippen molar-refractivity contribution < 1.29 is 18.1 Å². The summed E-state index contributed by atoms with van der Waals surface area (Å²) in [6, 6.07) is 11.0. The minimum absolute atomic E-state index is 0.260. The van der Waals surface area contributed by atoms with Crippen molar-refractivity contribution >= 4 is 35.4 Å². The molecule has 0 amide bonds. The first-order valence-corrected chi connectivity index (χ1v) is 9.89. The third kappa shape index (κ3) is 3.53. The van der Waals surface area contributed by atoms with Gasteiger partial charge >= 0.3 is 7.12 Å². The van der Waals surface area contributed by atoms with Gasteiger partial charge in [0.25, 0.3) is 6.01 Å². The number of aromatic nitrogens is 1. The standard InChI is InChI=1S/C22H26BFN2O3/c1-13(2)15-8-7-9-18-19(15)27-20(26-18)25-17-11-10-14(12-16(17)24)23-28-21(3,4)22(5,6)29-23/h7-13H,1-6H3,(H,25,26). The molecule has 0 bridgehead atoms. The topological polar surface area (TPSA) is 56.5 Å². The molecule has 2 aromatic carbocycles. The zero-order valence-corrected chi connectivity index (χ0v) is 17.7. The van der Waals surface area contributed by atoms with E-state index in [0.29, 0.717) is 11.4 Å². The zero-order valence-electron chi connectivity index (χ0n) is 17.7. The Morgan fingerprint density at radius 2 is 1.72 bits per heavy atom. The van der Waals surface area contributed by atoms with E-state index < -0.39 is 24.1 Å². The monoisotopic (exact) mass is 396 g/mol. The predicted octanol–water partition coefficient (Wildman–Crippen LogP) is 5.13. The fourth-order valence-corrected chi connectivity index (χ4v) is 3.35. The van der Waals surface area contributed by atoms with Gasteiger partial charge in [0.2, 0.25) is 0 Å². The van der Waals surface area contributed by atoms with Crippen molar-refractivity contribution in [3.05, 3.63) is 47.8 Å². The summed E-state index contributed by atoms with van der Waals surface area (Å²) in [5.74, 6) is -0.126. The Balaban J connectivity index is 1.58. The number of fused-ring (bicyclic) bond motifs is 1. The van der Waals surface area contributed by atoms with Gasteiger partial charge in [-0.3, -0.25) is 0 Å². The van der Waals surface area contributed by atoms with Crippen LogP contribution in [-0.2, 0) is 9.31 Å². The van der Waals surface area contributed by atoms with E-state index >= 15 is 0 Å². The first-order valence-electron chi connectivity index (χ1n) is 9.89. The van der Waals surface area contributed by atoms with Crippen LogP contribution in [0.3, 0.4) is 0 Å². The summed E-state index contributed by atoms with van der Waals surface area (Å²) >= 11 is 0. The van der Waals surface area contributed by atoms with E-state index in [2.05, 4.69) is 24.1 Å². The van der Waals surface area contributed by atoms with Crippen molar-refractivity contribution in [3.63, 3.8) is 0 Å². The van der Waals surface area contributed by atoms with E-state index in [9.17, 15) is 4.39 Å². The number of anilines is 2. The summed E-state index contributed by atoms with van der Waals surface area (Å²) < 4.78 is 32.7. The first-order chi connectivity index (χ1) is 13.6. The summed E-state index contributed by atoms with van der Waals surface area (Å²) in [6.45, 7) is 12.1. The lowest BCUT2D eigenvalue weighted by Gasteiger charge is -2.32. The van der Waals surface area contributed by atoms with E-state index in [1.165, 1.54) is 6.07 Å². The Labute approximate surface area is 170 Å². The van der Waals surface area contributed by atoms with E-state index in [0.717, 1.165) is 16.7 Å². The molecular formula is C22H26BFN2O3. The average molecular weight is 396 g/mol. The number of nitrogens with zero attached hydrogens (tertiary/aromatic N) is 1. The lowest BCUT2D eigenvalue weighted by atomic mass is 9.79. The summed E-state index contributed by atoms with van der Waals surface area (Å²) in [5, 5.41) is 2.94. The van der Waals surface area contributed by atoms with Gasteiger partial charge in [-0.25, -0.2) is 4.39 Å². The maximum absolute atomic E-state index is 14.8. The molecule has 1 aliphatic rings. The minimum Gasteiger partial charge on any atom is -0.423 e. The molecule has 29 heavy (non-hydrogen) atoms. The Kier molecular flexibility index (Phi) is 4.71. The molecule has 5 nitrogen and oxygen atoms in total. The van der Waals surface area contributed by atoms with E-state index in [1.54, 1.807) is 12.1 Å². The Hall–Kier alpha value is -2.38. The fourth-order valence-electron chi connectivity index (χ4n) is 3.35. The normalized spacial score (nSPS) is 18.0. The van der Waals surface area contributed by atoms with Crippen LogP contribution in [-0.4, -0.2) is 23.3 Å². The second-order valence-electron chi connectivity index (χ2n) is 8.82. The number of hydrogen-bond donors (Lipinski definition) is 1. The number of nitrogens with one attached hydrogen (secondary N) is 1. The lowest BCUT2D eigenvalue weighted by molar-refractivity contribution is 0.00578. The zero-order chi connectivity index (χ0) is 21.0. The molecule has 0 atom stereocenters. The second-order valence-corrected chi connectivity index (χ2v) is 8.82. The molecule has 1 N–H and O–H groups in total. The lowest BCUT2D eigenvalue weighted by Crippen LogP contribution is -2.41. The maximum atomic E-state index is 14.8. The van der Waals surface area contributed by atoms with Gasteiger partial charge in [-0.1, -0.05) is 32.0 Å². The van der Waals surface area contributed by atoms with Gasteiger partial charge in [0.15, 0.2) is 5.58 Å². The van der Waals surface area contributed by atoms with E-state index in [4.69, 9.17) is 13.7 Å². The quantitative estimate of drug-likeness (QED) is 0.620. The van der Waals surface area contributed by atoms with Gasteiger partial charge in [0.1, 0.15) is 11.3 Å². The highest BCUT2D eigenvalue weighted by Gasteiger charge is 2.51. The molecule has 2 heterocycles. The van der Waals surface area contributed by atoms with Gasteiger partial charge in [0, 0.05) is 0 Å². The van der Waals surface area contributed by atoms with Crippen LogP contribution in [0.5, 0.6) is 0 Å². The van der Waals surface area contributed by atoms with Gasteiger partial charge in [-0.05, 0) is 62.8 Å². The van der Waals surface area contributed by atoms with Crippen LogP contribution >= 0.6 is 0 Å². The molecule has 1 saturated heterocycles. The third-order valence-corrected chi connectivity index (χ3v) is 5.83. The number of para-hydroxylation sites is 1. The van der Waals surface area contributed by atoms with Crippen molar-refractivity contribution in [2.45, 2.75) is 58.7 Å². The fraction of sp³-hybridized carbons (Fsp3) is 0.409. The highest BCUT2D eigenvalue weighted by Crippen LogP contribution is 2.36. The van der Waals surface area contributed by atoms with Crippen LogP contribution in [0.1, 0.15) is 53.0 Å². The van der Waals surface area contributed by atoms with Crippen LogP contribution in [0.2, 0.25) is 0 Å². The summed E-state index contributed by atoms with van der Waals surface area (Å²) in [4.78, 5) is 4.44. The Bertz CT molecular complexity index is 1050. The van der Waals surface area contributed by atoms with Gasteiger partial charge in [-0.2, -0.15) is 4.98 Å². The van der Waals surface area contributed by atoms with Crippen molar-refractivity contribution in [1.29, 1.82) is 0 Å². The highest BCUT2D eigenvalue weighted by atomic mass is 19.1. The summed E-state index contributed by atoms with van der Waals surface area (Å²) in [7, 11) is -0.610. The molecule has 1 aliphatic heterocycles. The molecule has 4 rings (SSSR count). The first kappa shape index (κ1) is 19.9. The van der Waals surface area contributed by atoms with Crippen LogP contribution in [0.4, 0.5) is 16.1 Å². The molecule has 0 aliphatic carbocycles. The molecule has 152 valence electrons. The summed E-state index contributed by atoms with van der Waals surface area (Å²) in [6.07, 6.45) is 0. The van der Waals surface area contributed by atoms with Crippen molar-refractivity contribution in [3.8, 4) is 0 Å². The van der Waals surface area contributed by atoms with Crippen LogP contribution in [0.25, 0.3) is 11.1 Å².